The van der Waals surface area contributed by atoms with Crippen molar-refractivity contribution in [1.29, 1.82) is 0 Å². The number of urea groups is 1. The third kappa shape index (κ3) is 3.26. The highest BCUT2D eigenvalue weighted by molar-refractivity contribution is 7.90. The van der Waals surface area contributed by atoms with E-state index in [-0.39, 0.29) is 16.3 Å². The molecule has 1 aromatic carbocycles. The predicted octanol–water partition coefficient (Wildman–Crippen LogP) is 2.29. The maximum absolute atomic E-state index is 12.3. The van der Waals surface area contributed by atoms with Gasteiger partial charge in [-0.3, -0.25) is 5.32 Å². The molecular weight excluding hydrogens is 326 g/mol. The number of nitrogens with zero attached hydrogens (tertiary/aromatic N) is 2. The van der Waals surface area contributed by atoms with Crippen LogP contribution in [0.1, 0.15) is 12.5 Å². The summed E-state index contributed by atoms with van der Waals surface area (Å²) in [6.07, 6.45) is 2.36. The molecule has 0 bridgehead atoms. The molecule has 0 spiro atoms. The van der Waals surface area contributed by atoms with Crippen LogP contribution in [0.25, 0.3) is 0 Å². The van der Waals surface area contributed by atoms with Gasteiger partial charge >= 0.3 is 6.03 Å². The summed E-state index contributed by atoms with van der Waals surface area (Å²) in [4.78, 5) is 18.1. The van der Waals surface area contributed by atoms with Crippen LogP contribution in [0.15, 0.2) is 53.6 Å². The Balaban J connectivity index is 1.61. The number of pyridine rings is 1. The van der Waals surface area contributed by atoms with Crippen molar-refractivity contribution < 1.29 is 13.2 Å². The number of rotatable bonds is 3. The van der Waals surface area contributed by atoms with Gasteiger partial charge in [0.1, 0.15) is 5.82 Å². The Labute approximate surface area is 141 Å². The summed E-state index contributed by atoms with van der Waals surface area (Å²) in [7, 11) is -3.29. The van der Waals surface area contributed by atoms with E-state index in [0.29, 0.717) is 18.9 Å². The van der Waals surface area contributed by atoms with Crippen LogP contribution in [0, 0.1) is 0 Å². The summed E-state index contributed by atoms with van der Waals surface area (Å²) < 4.78 is 22.8. The van der Waals surface area contributed by atoms with Crippen molar-refractivity contribution in [3.8, 4) is 0 Å². The van der Waals surface area contributed by atoms with E-state index in [1.165, 1.54) is 23.9 Å². The smallest absolute Gasteiger partial charge is 0.323 e. The predicted molar refractivity (Wildman–Crippen MR) is 91.7 cm³/mol. The van der Waals surface area contributed by atoms with E-state index in [1.807, 2.05) is 18.2 Å². The monoisotopic (exact) mass is 345 g/mol. The highest BCUT2D eigenvalue weighted by Gasteiger charge is 2.42. The van der Waals surface area contributed by atoms with Crippen LogP contribution in [-0.2, 0) is 15.3 Å². The lowest BCUT2D eigenvalue weighted by atomic mass is 9.76. The number of anilines is 1. The lowest BCUT2D eigenvalue weighted by Gasteiger charge is -2.48. The molecule has 2 heterocycles. The molecule has 0 radical (unpaired) electrons. The molecule has 6 nitrogen and oxygen atoms in total. The molecule has 1 fully saturated rings. The van der Waals surface area contributed by atoms with Crippen molar-refractivity contribution in [2.45, 2.75) is 17.2 Å². The van der Waals surface area contributed by atoms with E-state index in [9.17, 15) is 13.2 Å². The number of aromatic nitrogens is 1. The van der Waals surface area contributed by atoms with E-state index < -0.39 is 9.84 Å². The molecular formula is C17H19N3O3S. The number of nitrogens with one attached hydrogen (secondary N) is 1. The molecule has 126 valence electrons. The molecule has 2 amide bonds. The fraction of sp³-hybridized carbons (Fsp3) is 0.294. The number of hydrogen-bond acceptors (Lipinski definition) is 4. The Bertz CT molecular complexity index is 842. The number of hydrogen-bond donors (Lipinski definition) is 1. The number of carbonyl (C=O) groups is 1. The first-order chi connectivity index (χ1) is 11.3. The highest BCUT2D eigenvalue weighted by Crippen LogP contribution is 2.34. The van der Waals surface area contributed by atoms with Gasteiger partial charge in [-0.25, -0.2) is 18.2 Å². The van der Waals surface area contributed by atoms with Crippen molar-refractivity contribution in [2.24, 2.45) is 0 Å². The second-order valence-electron chi connectivity index (χ2n) is 6.36. The normalized spacial score (nSPS) is 16.3. The molecule has 0 atom stereocenters. The maximum Gasteiger partial charge on any atom is 0.323 e. The van der Waals surface area contributed by atoms with Crippen molar-refractivity contribution in [1.82, 2.24) is 9.88 Å². The average molecular weight is 345 g/mol. The van der Waals surface area contributed by atoms with Gasteiger partial charge in [0.25, 0.3) is 0 Å². The Morgan fingerprint density at radius 3 is 2.38 bits per heavy atom. The van der Waals surface area contributed by atoms with Gasteiger partial charge in [0.15, 0.2) is 9.84 Å². The minimum Gasteiger partial charge on any atom is -0.323 e. The molecule has 1 saturated heterocycles. The van der Waals surface area contributed by atoms with Crippen molar-refractivity contribution in [3.05, 3.63) is 54.2 Å². The summed E-state index contributed by atoms with van der Waals surface area (Å²) in [5.41, 5.74) is 1.18. The molecule has 1 aromatic heterocycles. The zero-order valence-electron chi connectivity index (χ0n) is 13.6. The van der Waals surface area contributed by atoms with E-state index in [4.69, 9.17) is 0 Å². The molecule has 7 heteroatoms. The minimum atomic E-state index is -3.29. The van der Waals surface area contributed by atoms with E-state index in [1.54, 1.807) is 4.90 Å². The highest BCUT2D eigenvalue weighted by atomic mass is 32.2. The minimum absolute atomic E-state index is 0.0355. The molecule has 1 N–H and O–H groups in total. The zero-order valence-corrected chi connectivity index (χ0v) is 14.4. The van der Waals surface area contributed by atoms with Gasteiger partial charge in [-0.15, -0.1) is 0 Å². The molecule has 0 saturated carbocycles. The molecule has 0 unspecified atom stereocenters. The van der Waals surface area contributed by atoms with Crippen LogP contribution >= 0.6 is 0 Å². The summed E-state index contributed by atoms with van der Waals surface area (Å²) in [6, 6.07) is 12.8. The number of carbonyl (C=O) groups excluding carboxylic acids is 1. The topological polar surface area (TPSA) is 79.4 Å². The third-order valence-electron chi connectivity index (χ3n) is 4.24. The van der Waals surface area contributed by atoms with Crippen LogP contribution in [-0.4, -0.2) is 43.7 Å². The first-order valence-corrected chi connectivity index (χ1v) is 9.45. The molecule has 24 heavy (non-hydrogen) atoms. The molecule has 1 aliphatic heterocycles. The quantitative estimate of drug-likeness (QED) is 0.926. The Morgan fingerprint density at radius 1 is 1.17 bits per heavy atom. The average Bonchev–Trinajstić information content (AvgIpc) is 2.52. The second kappa shape index (κ2) is 5.90. The summed E-state index contributed by atoms with van der Waals surface area (Å²) in [5, 5.41) is 2.69. The molecule has 0 aliphatic carbocycles. The van der Waals surface area contributed by atoms with Crippen molar-refractivity contribution >= 4 is 21.7 Å². The summed E-state index contributed by atoms with van der Waals surface area (Å²) >= 11 is 0. The largest absolute Gasteiger partial charge is 0.323 e. The maximum atomic E-state index is 12.3. The lowest BCUT2D eigenvalue weighted by molar-refractivity contribution is 0.112. The number of sulfone groups is 1. The van der Waals surface area contributed by atoms with Gasteiger partial charge in [0.2, 0.25) is 0 Å². The fourth-order valence-corrected chi connectivity index (χ4v) is 3.38. The van der Waals surface area contributed by atoms with E-state index >= 15 is 0 Å². The van der Waals surface area contributed by atoms with Crippen LogP contribution < -0.4 is 5.32 Å². The van der Waals surface area contributed by atoms with Gasteiger partial charge in [-0.2, -0.15) is 0 Å². The number of amides is 2. The summed E-state index contributed by atoms with van der Waals surface area (Å²) in [6.45, 7) is 3.39. The number of likely N-dealkylation sites (tertiary alicyclic amines) is 1. The van der Waals surface area contributed by atoms with Gasteiger partial charge < -0.3 is 4.90 Å². The van der Waals surface area contributed by atoms with Crippen LogP contribution in [0.2, 0.25) is 0 Å². The molecule has 3 rings (SSSR count). The van der Waals surface area contributed by atoms with Crippen LogP contribution in [0.4, 0.5) is 10.6 Å². The third-order valence-corrected chi connectivity index (χ3v) is 5.33. The second-order valence-corrected chi connectivity index (χ2v) is 8.38. The fourth-order valence-electron chi connectivity index (χ4n) is 2.83. The van der Waals surface area contributed by atoms with Crippen molar-refractivity contribution in [2.75, 3.05) is 24.7 Å². The Hall–Kier alpha value is -2.41. The first kappa shape index (κ1) is 16.4. The Kier molecular flexibility index (Phi) is 4.04. The first-order valence-electron chi connectivity index (χ1n) is 7.55. The Morgan fingerprint density at radius 2 is 1.83 bits per heavy atom. The van der Waals surface area contributed by atoms with Gasteiger partial charge in [0, 0.05) is 31.0 Å². The van der Waals surface area contributed by atoms with Crippen LogP contribution in [0.5, 0.6) is 0 Å². The van der Waals surface area contributed by atoms with E-state index in [0.717, 1.165) is 6.26 Å². The lowest BCUT2D eigenvalue weighted by Crippen LogP contribution is -2.60. The summed E-state index contributed by atoms with van der Waals surface area (Å²) in [5.74, 6) is 0.334. The van der Waals surface area contributed by atoms with Crippen molar-refractivity contribution in [3.63, 3.8) is 0 Å². The number of benzene rings is 1. The molecule has 1 aliphatic rings. The zero-order chi connectivity index (χ0) is 17.4. The van der Waals surface area contributed by atoms with E-state index in [2.05, 4.69) is 29.4 Å². The van der Waals surface area contributed by atoms with Crippen LogP contribution in [0.3, 0.4) is 0 Å². The van der Waals surface area contributed by atoms with Gasteiger partial charge in [-0.05, 0) is 17.7 Å². The van der Waals surface area contributed by atoms with Gasteiger partial charge in [-0.1, -0.05) is 37.3 Å². The van der Waals surface area contributed by atoms with Gasteiger partial charge in [0.05, 0.1) is 4.90 Å². The SMILES string of the molecule is CC1(c2ccccc2)CN(C(=O)Nc2ccc(S(C)(=O)=O)cn2)C1. The standard InChI is InChI=1S/C17H19N3O3S/c1-17(13-6-4-3-5-7-13)11-20(12-17)16(21)19-15-9-8-14(10-18-15)24(2,22)23/h3-10H,11-12H2,1-2H3,(H,18,19,21). The molecule has 2 aromatic rings.